The van der Waals surface area contributed by atoms with Gasteiger partial charge in [-0.15, -0.1) is 0 Å². The Bertz CT molecular complexity index is 850. The van der Waals surface area contributed by atoms with E-state index in [1.54, 1.807) is 18.5 Å². The summed E-state index contributed by atoms with van der Waals surface area (Å²) in [7, 11) is 0. The normalized spacial score (nSPS) is 10.2. The van der Waals surface area contributed by atoms with Crippen LogP contribution < -0.4 is 5.32 Å². The number of H-pyrrole nitrogens is 1. The molecule has 3 aromatic heterocycles. The molecule has 0 radical (unpaired) electrons. The van der Waals surface area contributed by atoms with Gasteiger partial charge in [0.2, 0.25) is 5.69 Å². The van der Waals surface area contributed by atoms with Crippen molar-refractivity contribution in [2.75, 3.05) is 5.32 Å². The lowest BCUT2D eigenvalue weighted by molar-refractivity contribution is 1.05. The Balaban J connectivity index is 2.07. The minimum absolute atomic E-state index is 0.152. The average molecular weight is 311 g/mol. The van der Waals surface area contributed by atoms with Crippen molar-refractivity contribution in [3.63, 3.8) is 0 Å². The Morgan fingerprint density at radius 3 is 2.64 bits per heavy atom. The van der Waals surface area contributed by atoms with Crippen LogP contribution in [0.5, 0.6) is 0 Å². The van der Waals surface area contributed by atoms with Crippen LogP contribution in [-0.4, -0.2) is 20.2 Å². The summed E-state index contributed by atoms with van der Waals surface area (Å²) in [5.41, 5.74) is 2.80. The molecule has 108 valence electrons. The topological polar surface area (TPSA) is 70.8 Å². The smallest absolute Gasteiger partial charge is 0.231 e. The number of aromatic amines is 1. The van der Waals surface area contributed by atoms with Crippen LogP contribution in [0.3, 0.4) is 0 Å². The second-order valence-electron chi connectivity index (χ2n) is 4.60. The first kappa shape index (κ1) is 14.0. The molecular weight excluding hydrogens is 300 g/mol. The Labute approximate surface area is 132 Å². The van der Waals surface area contributed by atoms with Gasteiger partial charge in [-0.25, -0.2) is 9.83 Å². The molecule has 3 aromatic rings. The van der Waals surface area contributed by atoms with E-state index in [0.717, 1.165) is 11.3 Å². The van der Waals surface area contributed by atoms with E-state index in [-0.39, 0.29) is 5.15 Å². The molecule has 0 spiro atoms. The zero-order valence-corrected chi connectivity index (χ0v) is 12.4. The number of hydrogen-bond acceptors (Lipinski definition) is 4. The number of hydrogen-bond donors (Lipinski definition) is 2. The van der Waals surface area contributed by atoms with Crippen molar-refractivity contribution in [2.24, 2.45) is 0 Å². The molecule has 0 aliphatic heterocycles. The van der Waals surface area contributed by atoms with Crippen molar-refractivity contribution in [1.82, 2.24) is 20.2 Å². The van der Waals surface area contributed by atoms with Gasteiger partial charge in [0.25, 0.3) is 0 Å². The Hall–Kier alpha value is -2.91. The molecule has 3 rings (SSSR count). The van der Waals surface area contributed by atoms with Crippen molar-refractivity contribution >= 4 is 28.9 Å². The number of anilines is 2. The molecule has 0 aliphatic rings. The van der Waals surface area contributed by atoms with Crippen molar-refractivity contribution in [2.45, 2.75) is 6.92 Å². The van der Waals surface area contributed by atoms with Crippen molar-refractivity contribution in [1.29, 1.82) is 0 Å². The zero-order valence-electron chi connectivity index (χ0n) is 11.6. The summed E-state index contributed by atoms with van der Waals surface area (Å²) in [6, 6.07) is 7.27. The third-order valence-corrected chi connectivity index (χ3v) is 3.28. The highest BCUT2D eigenvalue weighted by Gasteiger charge is 2.13. The summed E-state index contributed by atoms with van der Waals surface area (Å²) in [6.45, 7) is 9.22. The van der Waals surface area contributed by atoms with Crippen LogP contribution in [0.15, 0.2) is 36.7 Å². The largest absolute Gasteiger partial charge is 0.323 e. The van der Waals surface area contributed by atoms with Crippen LogP contribution in [0.2, 0.25) is 5.15 Å². The molecule has 0 aliphatic carbocycles. The molecule has 0 amide bonds. The first-order valence-electron chi connectivity index (χ1n) is 6.45. The highest BCUT2D eigenvalue weighted by Crippen LogP contribution is 2.37. The van der Waals surface area contributed by atoms with E-state index in [4.69, 9.17) is 18.2 Å². The van der Waals surface area contributed by atoms with E-state index in [0.29, 0.717) is 22.9 Å². The molecule has 6 nitrogen and oxygen atoms in total. The maximum atomic E-state index is 7.32. The third kappa shape index (κ3) is 2.75. The van der Waals surface area contributed by atoms with Crippen LogP contribution in [0.25, 0.3) is 16.0 Å². The van der Waals surface area contributed by atoms with E-state index in [1.165, 1.54) is 0 Å². The molecule has 0 fully saturated rings. The fourth-order valence-corrected chi connectivity index (χ4v) is 2.28. The minimum Gasteiger partial charge on any atom is -0.323 e. The highest BCUT2D eigenvalue weighted by molar-refractivity contribution is 6.33. The monoisotopic (exact) mass is 310 g/mol. The van der Waals surface area contributed by atoms with Crippen LogP contribution in [0, 0.1) is 13.5 Å². The SMILES string of the molecule is [C-]#[N+]c1c(-c2ccncc2)cc(Nc2cc(C)[nH]n2)nc1Cl. The van der Waals surface area contributed by atoms with Gasteiger partial charge in [0.1, 0.15) is 11.0 Å². The van der Waals surface area contributed by atoms with Gasteiger partial charge in [0, 0.05) is 24.2 Å². The first-order valence-corrected chi connectivity index (χ1v) is 6.82. The van der Waals surface area contributed by atoms with Gasteiger partial charge in [-0.3, -0.25) is 10.1 Å². The molecule has 3 heterocycles. The van der Waals surface area contributed by atoms with E-state index in [2.05, 4.69) is 30.3 Å². The lowest BCUT2D eigenvalue weighted by atomic mass is 10.1. The lowest BCUT2D eigenvalue weighted by Gasteiger charge is -2.09. The first-order chi connectivity index (χ1) is 10.7. The van der Waals surface area contributed by atoms with Crippen molar-refractivity contribution in [3.8, 4) is 11.1 Å². The second kappa shape index (κ2) is 5.84. The summed E-state index contributed by atoms with van der Waals surface area (Å²) >= 11 is 6.15. The number of pyridine rings is 2. The number of aromatic nitrogens is 4. The molecule has 22 heavy (non-hydrogen) atoms. The summed E-state index contributed by atoms with van der Waals surface area (Å²) < 4.78 is 0. The van der Waals surface area contributed by atoms with Gasteiger partial charge < -0.3 is 5.32 Å². The standard InChI is InChI=1S/C15H11ClN6/c1-9-7-13(22-21-9)19-12-8-11(10-3-5-18-6-4-10)14(17-2)15(16)20-12/h3-8H,1H3,(H2,19,20,21,22). The molecule has 0 atom stereocenters. The molecule has 0 unspecified atom stereocenters. The summed E-state index contributed by atoms with van der Waals surface area (Å²) in [5.74, 6) is 1.16. The van der Waals surface area contributed by atoms with E-state index in [1.807, 2.05) is 25.1 Å². The summed E-state index contributed by atoms with van der Waals surface area (Å²) in [4.78, 5) is 11.7. The predicted octanol–water partition coefficient (Wildman–Crippen LogP) is 4.12. The van der Waals surface area contributed by atoms with Gasteiger partial charge in [0.05, 0.1) is 6.57 Å². The van der Waals surface area contributed by atoms with Crippen LogP contribution in [0.1, 0.15) is 5.69 Å². The number of nitrogens with one attached hydrogen (secondary N) is 2. The maximum absolute atomic E-state index is 7.32. The van der Waals surface area contributed by atoms with Crippen LogP contribution in [0.4, 0.5) is 17.3 Å². The van der Waals surface area contributed by atoms with Gasteiger partial charge in [-0.05, 0) is 36.2 Å². The zero-order chi connectivity index (χ0) is 15.5. The molecule has 0 saturated heterocycles. The second-order valence-corrected chi connectivity index (χ2v) is 4.96. The molecule has 2 N–H and O–H groups in total. The number of halogens is 1. The third-order valence-electron chi connectivity index (χ3n) is 3.02. The quantitative estimate of drug-likeness (QED) is 0.564. The van der Waals surface area contributed by atoms with E-state index >= 15 is 0 Å². The Kier molecular flexibility index (Phi) is 3.73. The molecule has 0 aromatic carbocycles. The fourth-order valence-electron chi connectivity index (χ4n) is 2.04. The van der Waals surface area contributed by atoms with Crippen molar-refractivity contribution in [3.05, 3.63) is 58.9 Å². The van der Waals surface area contributed by atoms with Gasteiger partial charge in [-0.2, -0.15) is 5.10 Å². The Morgan fingerprint density at radius 2 is 2.00 bits per heavy atom. The van der Waals surface area contributed by atoms with Gasteiger partial charge >= 0.3 is 0 Å². The molecule has 0 bridgehead atoms. The van der Waals surface area contributed by atoms with Gasteiger partial charge in [0.15, 0.2) is 5.82 Å². The lowest BCUT2D eigenvalue weighted by Crippen LogP contribution is -1.95. The van der Waals surface area contributed by atoms with Crippen molar-refractivity contribution < 1.29 is 0 Å². The van der Waals surface area contributed by atoms with Crippen LogP contribution in [-0.2, 0) is 0 Å². The average Bonchev–Trinajstić information content (AvgIpc) is 2.92. The van der Waals surface area contributed by atoms with E-state index < -0.39 is 0 Å². The molecular formula is C15H11ClN6. The molecule has 7 heteroatoms. The number of nitrogens with zero attached hydrogens (tertiary/aromatic N) is 4. The number of rotatable bonds is 3. The summed E-state index contributed by atoms with van der Waals surface area (Å²) in [5, 5.41) is 10.2. The fraction of sp³-hybridized carbons (Fsp3) is 0.0667. The summed E-state index contributed by atoms with van der Waals surface area (Å²) in [6.07, 6.45) is 3.34. The number of aryl methyl sites for hydroxylation is 1. The maximum Gasteiger partial charge on any atom is 0.231 e. The van der Waals surface area contributed by atoms with Gasteiger partial charge in [-0.1, -0.05) is 11.6 Å². The Morgan fingerprint density at radius 1 is 1.23 bits per heavy atom. The minimum atomic E-state index is 0.152. The predicted molar refractivity (Wildman–Crippen MR) is 85.3 cm³/mol. The van der Waals surface area contributed by atoms with E-state index in [9.17, 15) is 0 Å². The highest BCUT2D eigenvalue weighted by atomic mass is 35.5. The molecule has 0 saturated carbocycles. The van der Waals surface area contributed by atoms with Crippen LogP contribution >= 0.6 is 11.6 Å².